The second kappa shape index (κ2) is 2.84. The third-order valence-corrected chi connectivity index (χ3v) is 2.86. The van der Waals surface area contributed by atoms with Gasteiger partial charge >= 0.3 is 0 Å². The molecule has 0 aromatic rings. The average Bonchev–Trinajstić information content (AvgIpc) is 2.46. The molecule has 0 radical (unpaired) electrons. The highest BCUT2D eigenvalue weighted by Gasteiger charge is 2.18. The molecular weight excluding hydrogens is 132 g/mol. The van der Waals surface area contributed by atoms with Gasteiger partial charge in [0.2, 0.25) is 0 Å². The van der Waals surface area contributed by atoms with Crippen molar-refractivity contribution in [2.75, 3.05) is 0 Å². The van der Waals surface area contributed by atoms with E-state index in [-0.39, 0.29) is 0 Å². The van der Waals surface area contributed by atoms with Crippen molar-refractivity contribution in [1.29, 1.82) is 0 Å². The first kappa shape index (κ1) is 7.15. The highest BCUT2D eigenvalue weighted by atomic mass is 14.2. The minimum absolute atomic E-state index is 0.776. The molecule has 0 saturated heterocycles. The van der Waals surface area contributed by atoms with Gasteiger partial charge in [0.05, 0.1) is 0 Å². The lowest BCUT2D eigenvalue weighted by Crippen LogP contribution is -1.94. The third kappa shape index (κ3) is 1.26. The van der Waals surface area contributed by atoms with Crippen molar-refractivity contribution < 1.29 is 0 Å². The van der Waals surface area contributed by atoms with Crippen molar-refractivity contribution in [3.8, 4) is 0 Å². The molecule has 60 valence electrons. The number of allylic oxidation sites excluding steroid dienone is 4. The molecule has 0 unspecified atom stereocenters. The van der Waals surface area contributed by atoms with Crippen molar-refractivity contribution in [1.82, 2.24) is 0 Å². The summed E-state index contributed by atoms with van der Waals surface area (Å²) in [6, 6.07) is 0. The molecule has 0 bridgehead atoms. The van der Waals surface area contributed by atoms with E-state index < -0.39 is 0 Å². The molecule has 0 aromatic carbocycles. The smallest absolute Gasteiger partial charge is 0.00443 e. The van der Waals surface area contributed by atoms with E-state index in [1.54, 1.807) is 11.1 Å². The van der Waals surface area contributed by atoms with Gasteiger partial charge in [-0.25, -0.2) is 0 Å². The SMILES string of the molecule is CCC1C=C2CCCCC2=C1. The summed E-state index contributed by atoms with van der Waals surface area (Å²) in [5.74, 6) is 0.776. The lowest BCUT2D eigenvalue weighted by atomic mass is 9.92. The fourth-order valence-corrected chi connectivity index (χ4v) is 2.13. The summed E-state index contributed by atoms with van der Waals surface area (Å²) in [6.45, 7) is 2.27. The number of fused-ring (bicyclic) bond motifs is 1. The minimum Gasteiger partial charge on any atom is -0.0741 e. The predicted molar refractivity (Wildman–Crippen MR) is 48.4 cm³/mol. The summed E-state index contributed by atoms with van der Waals surface area (Å²) in [4.78, 5) is 0. The maximum Gasteiger partial charge on any atom is -0.00443 e. The minimum atomic E-state index is 0.776. The molecule has 1 fully saturated rings. The zero-order valence-electron chi connectivity index (χ0n) is 7.27. The molecule has 0 heterocycles. The first-order chi connectivity index (χ1) is 5.40. The normalized spacial score (nSPS) is 24.5. The van der Waals surface area contributed by atoms with E-state index in [4.69, 9.17) is 0 Å². The molecule has 2 aliphatic rings. The van der Waals surface area contributed by atoms with Crippen LogP contribution in [0.3, 0.4) is 0 Å². The molecule has 11 heavy (non-hydrogen) atoms. The number of rotatable bonds is 1. The zero-order chi connectivity index (χ0) is 7.68. The molecule has 0 aliphatic heterocycles. The molecule has 0 N–H and O–H groups in total. The lowest BCUT2D eigenvalue weighted by Gasteiger charge is -2.13. The van der Waals surface area contributed by atoms with Gasteiger partial charge in [-0.15, -0.1) is 0 Å². The molecule has 2 rings (SSSR count). The summed E-state index contributed by atoms with van der Waals surface area (Å²) in [5, 5.41) is 0. The van der Waals surface area contributed by atoms with E-state index in [1.807, 2.05) is 0 Å². The van der Waals surface area contributed by atoms with Crippen LogP contribution in [0.25, 0.3) is 0 Å². The van der Waals surface area contributed by atoms with Crippen molar-refractivity contribution in [3.63, 3.8) is 0 Å². The largest absolute Gasteiger partial charge is 0.0741 e. The molecule has 0 atom stereocenters. The summed E-state index contributed by atoms with van der Waals surface area (Å²) in [5.41, 5.74) is 3.34. The highest BCUT2D eigenvalue weighted by molar-refractivity contribution is 5.40. The van der Waals surface area contributed by atoms with Crippen molar-refractivity contribution in [2.45, 2.75) is 39.0 Å². The Bertz CT molecular complexity index is 186. The van der Waals surface area contributed by atoms with Crippen molar-refractivity contribution in [2.24, 2.45) is 5.92 Å². The fraction of sp³-hybridized carbons (Fsp3) is 0.636. The standard InChI is InChI=1S/C11H16/c1-2-9-7-10-5-3-4-6-11(10)8-9/h7-9H,2-6H2,1H3. The van der Waals surface area contributed by atoms with Gasteiger partial charge in [-0.2, -0.15) is 0 Å². The second-order valence-corrected chi connectivity index (χ2v) is 3.66. The summed E-state index contributed by atoms with van der Waals surface area (Å²) < 4.78 is 0. The maximum atomic E-state index is 2.48. The van der Waals surface area contributed by atoms with Gasteiger partial charge in [0.25, 0.3) is 0 Å². The Balaban J connectivity index is 2.17. The first-order valence-electron chi connectivity index (χ1n) is 4.82. The van der Waals surface area contributed by atoms with Crippen LogP contribution >= 0.6 is 0 Å². The Hall–Kier alpha value is -0.520. The number of hydrogen-bond acceptors (Lipinski definition) is 0. The van der Waals surface area contributed by atoms with Gasteiger partial charge in [0, 0.05) is 0 Å². The van der Waals surface area contributed by atoms with Crippen LogP contribution in [0.4, 0.5) is 0 Å². The van der Waals surface area contributed by atoms with Gasteiger partial charge in [0.1, 0.15) is 0 Å². The molecule has 0 heteroatoms. The molecule has 0 amide bonds. The van der Waals surface area contributed by atoms with Gasteiger partial charge in [-0.1, -0.05) is 19.1 Å². The zero-order valence-corrected chi connectivity index (χ0v) is 7.27. The maximum absolute atomic E-state index is 2.48. The Labute approximate surface area is 69.0 Å². The van der Waals surface area contributed by atoms with Crippen molar-refractivity contribution >= 4 is 0 Å². The quantitative estimate of drug-likeness (QED) is 0.534. The van der Waals surface area contributed by atoms with E-state index in [9.17, 15) is 0 Å². The van der Waals surface area contributed by atoms with E-state index in [2.05, 4.69) is 19.1 Å². The number of hydrogen-bond donors (Lipinski definition) is 0. The average molecular weight is 148 g/mol. The Morgan fingerprint density at radius 3 is 2.18 bits per heavy atom. The van der Waals surface area contributed by atoms with Crippen LogP contribution in [-0.4, -0.2) is 0 Å². The van der Waals surface area contributed by atoms with Crippen LogP contribution < -0.4 is 0 Å². The molecule has 2 aliphatic carbocycles. The van der Waals surface area contributed by atoms with Crippen LogP contribution in [0.5, 0.6) is 0 Å². The molecular formula is C11H16. The third-order valence-electron chi connectivity index (χ3n) is 2.86. The van der Waals surface area contributed by atoms with E-state index in [1.165, 1.54) is 32.1 Å². The summed E-state index contributed by atoms with van der Waals surface area (Å²) in [7, 11) is 0. The Morgan fingerprint density at radius 2 is 1.73 bits per heavy atom. The van der Waals surface area contributed by atoms with Crippen LogP contribution in [0, 0.1) is 5.92 Å². The van der Waals surface area contributed by atoms with Crippen LogP contribution in [0.1, 0.15) is 39.0 Å². The summed E-state index contributed by atoms with van der Waals surface area (Å²) in [6.07, 6.45) is 11.8. The van der Waals surface area contributed by atoms with E-state index >= 15 is 0 Å². The van der Waals surface area contributed by atoms with Crippen molar-refractivity contribution in [3.05, 3.63) is 23.3 Å². The predicted octanol–water partition coefficient (Wildman–Crippen LogP) is 3.45. The topological polar surface area (TPSA) is 0 Å². The Kier molecular flexibility index (Phi) is 1.85. The second-order valence-electron chi connectivity index (χ2n) is 3.66. The summed E-state index contributed by atoms with van der Waals surface area (Å²) >= 11 is 0. The molecule has 1 saturated carbocycles. The van der Waals surface area contributed by atoms with E-state index in [0.717, 1.165) is 5.92 Å². The van der Waals surface area contributed by atoms with Gasteiger partial charge < -0.3 is 0 Å². The van der Waals surface area contributed by atoms with Gasteiger partial charge in [0.15, 0.2) is 0 Å². The Morgan fingerprint density at radius 1 is 1.18 bits per heavy atom. The molecule has 0 aromatic heterocycles. The monoisotopic (exact) mass is 148 g/mol. The van der Waals surface area contributed by atoms with Crippen LogP contribution in [0.15, 0.2) is 23.3 Å². The van der Waals surface area contributed by atoms with E-state index in [0.29, 0.717) is 0 Å². The van der Waals surface area contributed by atoms with Gasteiger partial charge in [-0.3, -0.25) is 0 Å². The highest BCUT2D eigenvalue weighted by Crippen LogP contribution is 2.36. The molecule has 0 spiro atoms. The van der Waals surface area contributed by atoms with Gasteiger partial charge in [-0.05, 0) is 49.2 Å². The molecule has 0 nitrogen and oxygen atoms in total. The van der Waals surface area contributed by atoms with Crippen LogP contribution in [0.2, 0.25) is 0 Å². The fourth-order valence-electron chi connectivity index (χ4n) is 2.13. The lowest BCUT2D eigenvalue weighted by molar-refractivity contribution is 0.682. The van der Waals surface area contributed by atoms with Crippen LogP contribution in [-0.2, 0) is 0 Å². The first-order valence-corrected chi connectivity index (χ1v) is 4.82.